The lowest BCUT2D eigenvalue weighted by Crippen LogP contribution is -2.42. The molecule has 100 valence electrons. The van der Waals surface area contributed by atoms with Gasteiger partial charge in [0.25, 0.3) is 0 Å². The summed E-state index contributed by atoms with van der Waals surface area (Å²) in [5, 5.41) is 15.1. The van der Waals surface area contributed by atoms with Crippen LogP contribution in [0, 0.1) is 0 Å². The molecule has 4 N–H and O–H groups in total. The molecule has 0 amide bonds. The number of nitrogens with one attached hydrogen (secondary N) is 1. The van der Waals surface area contributed by atoms with Crippen molar-refractivity contribution < 1.29 is 9.94 Å². The van der Waals surface area contributed by atoms with Crippen molar-refractivity contribution >= 4 is 5.84 Å². The minimum Gasteiger partial charge on any atom is -0.497 e. The van der Waals surface area contributed by atoms with E-state index in [0.29, 0.717) is 0 Å². The molecule has 2 unspecified atom stereocenters. The van der Waals surface area contributed by atoms with E-state index in [0.717, 1.165) is 17.7 Å². The highest BCUT2D eigenvalue weighted by Crippen LogP contribution is 2.18. The van der Waals surface area contributed by atoms with Gasteiger partial charge in [0.05, 0.1) is 13.2 Å². The largest absolute Gasteiger partial charge is 0.497 e. The first-order valence-corrected chi connectivity index (χ1v) is 5.99. The lowest BCUT2D eigenvalue weighted by Gasteiger charge is -2.21. The number of rotatable bonds is 6. The second kappa shape index (κ2) is 6.86. The molecule has 1 aromatic rings. The fourth-order valence-electron chi connectivity index (χ4n) is 1.77. The molecule has 0 spiro atoms. The normalized spacial score (nSPS) is 15.2. The smallest absolute Gasteiger partial charge is 0.156 e. The van der Waals surface area contributed by atoms with Gasteiger partial charge in [-0.3, -0.25) is 0 Å². The number of benzene rings is 1. The molecule has 0 aliphatic rings. The molecule has 5 heteroatoms. The van der Waals surface area contributed by atoms with Gasteiger partial charge in [0.2, 0.25) is 0 Å². The van der Waals surface area contributed by atoms with Crippen LogP contribution in [0.3, 0.4) is 0 Å². The van der Waals surface area contributed by atoms with Crippen molar-refractivity contribution in [2.75, 3.05) is 7.11 Å². The Hall–Kier alpha value is -1.75. The maximum Gasteiger partial charge on any atom is 0.156 e. The molecule has 0 saturated carbocycles. The van der Waals surface area contributed by atoms with Gasteiger partial charge in [0.1, 0.15) is 5.75 Å². The van der Waals surface area contributed by atoms with E-state index in [1.54, 1.807) is 7.11 Å². The number of nitrogens with two attached hydrogens (primary N) is 1. The summed E-state index contributed by atoms with van der Waals surface area (Å²) in [6, 6.07) is 7.80. The summed E-state index contributed by atoms with van der Waals surface area (Å²) in [4.78, 5) is 0. The Morgan fingerprint density at radius 2 is 2.06 bits per heavy atom. The first-order chi connectivity index (χ1) is 8.62. The van der Waals surface area contributed by atoms with Gasteiger partial charge in [-0.15, -0.1) is 0 Å². The van der Waals surface area contributed by atoms with Crippen molar-refractivity contribution in [3.8, 4) is 5.75 Å². The van der Waals surface area contributed by atoms with Crippen LogP contribution in [0.15, 0.2) is 29.4 Å². The van der Waals surface area contributed by atoms with Gasteiger partial charge in [-0.1, -0.05) is 24.2 Å². The Balaban J connectivity index is 2.71. The third kappa shape index (κ3) is 3.63. The topological polar surface area (TPSA) is 79.9 Å². The Labute approximate surface area is 108 Å². The van der Waals surface area contributed by atoms with Crippen LogP contribution in [0.2, 0.25) is 0 Å². The molecule has 0 aliphatic carbocycles. The highest BCUT2D eigenvalue weighted by Gasteiger charge is 2.15. The molecule has 1 rings (SSSR count). The highest BCUT2D eigenvalue weighted by molar-refractivity contribution is 5.85. The molecular formula is C13H21N3O2. The zero-order valence-electron chi connectivity index (χ0n) is 11.1. The second-order valence-electron chi connectivity index (χ2n) is 4.15. The number of amidine groups is 1. The predicted octanol–water partition coefficient (Wildman–Crippen LogP) is 1.87. The first kappa shape index (κ1) is 14.3. The molecule has 0 aromatic heterocycles. The Kier molecular flexibility index (Phi) is 5.45. The van der Waals surface area contributed by atoms with Gasteiger partial charge >= 0.3 is 0 Å². The van der Waals surface area contributed by atoms with E-state index in [2.05, 4.69) is 10.5 Å². The Morgan fingerprint density at radius 3 is 2.50 bits per heavy atom. The third-order valence-electron chi connectivity index (χ3n) is 2.95. The van der Waals surface area contributed by atoms with Crippen LogP contribution in [0.25, 0.3) is 0 Å². The van der Waals surface area contributed by atoms with Crippen molar-refractivity contribution in [1.29, 1.82) is 0 Å². The molecule has 0 heterocycles. The molecule has 2 atom stereocenters. The van der Waals surface area contributed by atoms with Crippen LogP contribution in [-0.2, 0) is 0 Å². The number of hydrogen-bond acceptors (Lipinski definition) is 4. The van der Waals surface area contributed by atoms with E-state index < -0.39 is 0 Å². The Morgan fingerprint density at radius 1 is 1.44 bits per heavy atom. The van der Waals surface area contributed by atoms with E-state index in [-0.39, 0.29) is 17.9 Å². The van der Waals surface area contributed by atoms with E-state index in [1.165, 1.54) is 0 Å². The molecule has 0 aliphatic heterocycles. The summed E-state index contributed by atoms with van der Waals surface area (Å²) >= 11 is 0. The van der Waals surface area contributed by atoms with Gasteiger partial charge in [-0.05, 0) is 31.0 Å². The summed E-state index contributed by atoms with van der Waals surface area (Å²) in [7, 11) is 1.64. The van der Waals surface area contributed by atoms with Gasteiger partial charge < -0.3 is 21.0 Å². The van der Waals surface area contributed by atoms with Gasteiger partial charge in [-0.2, -0.15) is 0 Å². The summed E-state index contributed by atoms with van der Waals surface area (Å²) in [5.41, 5.74) is 6.74. The monoisotopic (exact) mass is 251 g/mol. The lowest BCUT2D eigenvalue weighted by atomic mass is 10.1. The number of ether oxygens (including phenoxy) is 1. The summed E-state index contributed by atoms with van der Waals surface area (Å²) in [5.74, 6) is 1.03. The summed E-state index contributed by atoms with van der Waals surface area (Å²) < 4.78 is 5.11. The Bertz CT molecular complexity index is 390. The average molecular weight is 251 g/mol. The highest BCUT2D eigenvalue weighted by atomic mass is 16.5. The second-order valence-corrected chi connectivity index (χ2v) is 4.15. The van der Waals surface area contributed by atoms with Crippen molar-refractivity contribution in [3.63, 3.8) is 0 Å². The third-order valence-corrected chi connectivity index (χ3v) is 2.95. The standard InChI is InChI=1S/C13H21N3O2/c1-4-12(13(14)16-17)15-9(2)10-5-7-11(18-3)8-6-10/h5-9,12,15,17H,4H2,1-3H3,(H2,14,16). The van der Waals surface area contributed by atoms with E-state index in [1.807, 2.05) is 38.1 Å². The van der Waals surface area contributed by atoms with Gasteiger partial charge in [-0.25, -0.2) is 0 Å². The van der Waals surface area contributed by atoms with Gasteiger partial charge in [0.15, 0.2) is 5.84 Å². The van der Waals surface area contributed by atoms with Crippen LogP contribution < -0.4 is 15.8 Å². The molecule has 0 radical (unpaired) electrons. The maximum atomic E-state index is 8.69. The molecule has 1 aromatic carbocycles. The fraction of sp³-hybridized carbons (Fsp3) is 0.462. The maximum absolute atomic E-state index is 8.69. The lowest BCUT2D eigenvalue weighted by molar-refractivity contribution is 0.313. The molecule has 0 saturated heterocycles. The minimum absolute atomic E-state index is 0.112. The van der Waals surface area contributed by atoms with Crippen LogP contribution >= 0.6 is 0 Å². The zero-order chi connectivity index (χ0) is 13.5. The van der Waals surface area contributed by atoms with Crippen LogP contribution in [0.4, 0.5) is 0 Å². The summed E-state index contributed by atoms with van der Waals surface area (Å²) in [6.45, 7) is 4.02. The number of nitrogens with zero attached hydrogens (tertiary/aromatic N) is 1. The number of hydrogen-bond donors (Lipinski definition) is 3. The quantitative estimate of drug-likeness (QED) is 0.312. The van der Waals surface area contributed by atoms with Crippen molar-refractivity contribution in [2.24, 2.45) is 10.9 Å². The van der Waals surface area contributed by atoms with Crippen LogP contribution in [0.1, 0.15) is 31.9 Å². The molecule has 18 heavy (non-hydrogen) atoms. The fourth-order valence-corrected chi connectivity index (χ4v) is 1.77. The predicted molar refractivity (Wildman–Crippen MR) is 72.0 cm³/mol. The van der Waals surface area contributed by atoms with Crippen molar-refractivity contribution in [3.05, 3.63) is 29.8 Å². The SMILES string of the molecule is CCC(NC(C)c1ccc(OC)cc1)C(N)=NO. The van der Waals surface area contributed by atoms with E-state index in [9.17, 15) is 0 Å². The molecule has 5 nitrogen and oxygen atoms in total. The van der Waals surface area contributed by atoms with Crippen molar-refractivity contribution in [1.82, 2.24) is 5.32 Å². The van der Waals surface area contributed by atoms with Crippen LogP contribution in [-0.4, -0.2) is 24.2 Å². The van der Waals surface area contributed by atoms with Gasteiger partial charge in [0, 0.05) is 6.04 Å². The van der Waals surface area contributed by atoms with E-state index >= 15 is 0 Å². The molecule has 0 fully saturated rings. The average Bonchev–Trinajstić information content (AvgIpc) is 2.43. The zero-order valence-corrected chi connectivity index (χ0v) is 11.1. The number of oxime groups is 1. The summed E-state index contributed by atoms with van der Waals surface area (Å²) in [6.07, 6.45) is 0.760. The molecule has 0 bridgehead atoms. The van der Waals surface area contributed by atoms with E-state index in [4.69, 9.17) is 15.7 Å². The molecular weight excluding hydrogens is 230 g/mol. The van der Waals surface area contributed by atoms with Crippen molar-refractivity contribution in [2.45, 2.75) is 32.4 Å². The van der Waals surface area contributed by atoms with Crippen LogP contribution in [0.5, 0.6) is 5.75 Å². The first-order valence-electron chi connectivity index (χ1n) is 5.99. The minimum atomic E-state index is -0.132. The number of methoxy groups -OCH3 is 1.